The van der Waals surface area contributed by atoms with Crippen LogP contribution in [0.4, 0.5) is 0 Å². The van der Waals surface area contributed by atoms with E-state index in [0.717, 1.165) is 19.3 Å². The van der Waals surface area contributed by atoms with Crippen molar-refractivity contribution < 1.29 is 47.7 Å². The number of rotatable bonds is 8. The highest BCUT2D eigenvalue weighted by Gasteiger charge is 2.70. The van der Waals surface area contributed by atoms with E-state index < -0.39 is 29.6 Å². The van der Waals surface area contributed by atoms with Crippen molar-refractivity contribution in [3.8, 4) is 0 Å². The molecule has 4 aliphatic rings. The van der Waals surface area contributed by atoms with Crippen LogP contribution in [0.5, 0.6) is 0 Å². The lowest BCUT2D eigenvalue weighted by molar-refractivity contribution is -0.258. The van der Waals surface area contributed by atoms with Crippen molar-refractivity contribution in [2.45, 2.75) is 124 Å². The molecule has 4 aliphatic carbocycles. The molecule has 4 rings (SSSR count). The zero-order chi connectivity index (χ0) is 31.9. The standard InChI is InChI=1S/C33H50O10/c1-17(9-12-28(38)39-8)23-10-11-24-29-25(16-27(33(23,24)7)41-19(3)35)32(6)14-13-22(40-18(2)34)15-26(32)30(42-20(4)36)31(29)43-21(5)37/h17,22-27,29-31H,9-16H2,1-8H3/t17?,22-,23?,24?,25?,26+,27+,29?,30-,31+,32?,33?/m1/s1. The van der Waals surface area contributed by atoms with Crippen LogP contribution in [0.3, 0.4) is 0 Å². The molecule has 0 radical (unpaired) electrons. The number of methoxy groups -OCH3 is 1. The summed E-state index contributed by atoms with van der Waals surface area (Å²) in [4.78, 5) is 61.7. The van der Waals surface area contributed by atoms with E-state index in [9.17, 15) is 24.0 Å². The number of fused-ring (bicyclic) bond motifs is 5. The molecule has 0 spiro atoms. The Kier molecular flexibility index (Phi) is 9.86. The van der Waals surface area contributed by atoms with Crippen molar-refractivity contribution in [3.63, 3.8) is 0 Å². The van der Waals surface area contributed by atoms with Gasteiger partial charge in [-0.3, -0.25) is 24.0 Å². The van der Waals surface area contributed by atoms with Crippen molar-refractivity contribution in [2.75, 3.05) is 7.11 Å². The van der Waals surface area contributed by atoms with Gasteiger partial charge in [0, 0.05) is 51.4 Å². The van der Waals surface area contributed by atoms with E-state index in [1.54, 1.807) is 0 Å². The van der Waals surface area contributed by atoms with E-state index in [2.05, 4.69) is 20.8 Å². The molecule has 12 atom stereocenters. The number of esters is 5. The first-order chi connectivity index (χ1) is 20.1. The Hall–Kier alpha value is -2.65. The molecule has 0 aromatic rings. The van der Waals surface area contributed by atoms with Gasteiger partial charge in [0.2, 0.25) is 0 Å². The summed E-state index contributed by atoms with van der Waals surface area (Å²) in [6.45, 7) is 12.2. The second-order valence-electron chi connectivity index (χ2n) is 14.0. The van der Waals surface area contributed by atoms with E-state index in [0.29, 0.717) is 32.1 Å². The summed E-state index contributed by atoms with van der Waals surface area (Å²) in [5.41, 5.74) is -0.786. The Morgan fingerprint density at radius 3 is 1.93 bits per heavy atom. The molecular weight excluding hydrogens is 556 g/mol. The van der Waals surface area contributed by atoms with Crippen LogP contribution < -0.4 is 0 Å². The van der Waals surface area contributed by atoms with Crippen molar-refractivity contribution in [1.82, 2.24) is 0 Å². The molecule has 43 heavy (non-hydrogen) atoms. The third-order valence-electron chi connectivity index (χ3n) is 11.8. The number of ether oxygens (including phenoxy) is 5. The van der Waals surface area contributed by atoms with Crippen LogP contribution >= 0.6 is 0 Å². The molecule has 0 aromatic heterocycles. The minimum Gasteiger partial charge on any atom is -0.469 e. The summed E-state index contributed by atoms with van der Waals surface area (Å²) >= 11 is 0. The average Bonchev–Trinajstić information content (AvgIpc) is 3.27. The zero-order valence-electron chi connectivity index (χ0n) is 27.0. The zero-order valence-corrected chi connectivity index (χ0v) is 27.0. The fraction of sp³-hybridized carbons (Fsp3) is 0.848. The van der Waals surface area contributed by atoms with Gasteiger partial charge in [-0.2, -0.15) is 0 Å². The van der Waals surface area contributed by atoms with Crippen LogP contribution in [0.2, 0.25) is 0 Å². The maximum atomic E-state index is 12.7. The van der Waals surface area contributed by atoms with E-state index in [4.69, 9.17) is 23.7 Å². The van der Waals surface area contributed by atoms with E-state index in [1.165, 1.54) is 34.8 Å². The summed E-state index contributed by atoms with van der Waals surface area (Å²) in [6.07, 6.45) is 3.09. The predicted octanol–water partition coefficient (Wildman–Crippen LogP) is 4.79. The molecule has 4 fully saturated rings. The summed E-state index contributed by atoms with van der Waals surface area (Å²) in [7, 11) is 1.39. The quantitative estimate of drug-likeness (QED) is 0.281. The van der Waals surface area contributed by atoms with E-state index in [-0.39, 0.29) is 71.0 Å². The van der Waals surface area contributed by atoms with E-state index in [1.807, 2.05) is 0 Å². The Morgan fingerprint density at radius 1 is 0.744 bits per heavy atom. The second kappa shape index (κ2) is 12.8. The van der Waals surface area contributed by atoms with E-state index >= 15 is 0 Å². The van der Waals surface area contributed by atoms with Gasteiger partial charge in [-0.15, -0.1) is 0 Å². The molecule has 7 unspecified atom stereocenters. The number of hydrogen-bond donors (Lipinski definition) is 0. The fourth-order valence-corrected chi connectivity index (χ4v) is 10.1. The molecule has 4 saturated carbocycles. The second-order valence-corrected chi connectivity index (χ2v) is 14.0. The van der Waals surface area contributed by atoms with Crippen LogP contribution in [0, 0.1) is 46.3 Å². The summed E-state index contributed by atoms with van der Waals surface area (Å²) in [5, 5.41) is 0. The number of carbonyl (C=O) groups is 5. The van der Waals surface area contributed by atoms with Crippen molar-refractivity contribution >= 4 is 29.8 Å². The fourth-order valence-electron chi connectivity index (χ4n) is 10.1. The lowest BCUT2D eigenvalue weighted by atomic mass is 9.42. The molecule has 0 saturated heterocycles. The van der Waals surface area contributed by atoms with Crippen LogP contribution in [0.1, 0.15) is 99.8 Å². The maximum Gasteiger partial charge on any atom is 0.305 e. The average molecular weight is 607 g/mol. The van der Waals surface area contributed by atoms with Gasteiger partial charge < -0.3 is 23.7 Å². The van der Waals surface area contributed by atoms with Crippen LogP contribution in [-0.2, 0) is 47.7 Å². The first-order valence-corrected chi connectivity index (χ1v) is 15.9. The largest absolute Gasteiger partial charge is 0.469 e. The molecule has 0 aromatic carbocycles. The molecule has 0 aliphatic heterocycles. The molecule has 242 valence electrons. The van der Waals surface area contributed by atoms with Gasteiger partial charge in [0.15, 0.2) is 0 Å². The van der Waals surface area contributed by atoms with Gasteiger partial charge in [0.05, 0.1) is 7.11 Å². The minimum atomic E-state index is -0.698. The van der Waals surface area contributed by atoms with Gasteiger partial charge in [-0.05, 0) is 74.0 Å². The highest BCUT2D eigenvalue weighted by Crippen LogP contribution is 2.69. The molecule has 0 N–H and O–H groups in total. The van der Waals surface area contributed by atoms with Crippen molar-refractivity contribution in [1.29, 1.82) is 0 Å². The Bertz CT molecular complexity index is 1100. The molecular formula is C33H50O10. The Labute approximate surface area is 255 Å². The maximum absolute atomic E-state index is 12.7. The topological polar surface area (TPSA) is 132 Å². The SMILES string of the molecule is COC(=O)CCC(C)C1CCC2C3C(C[C@H](OC(C)=O)C12C)C1(C)CC[C@@H](OC(C)=O)C[C@H]1[C@@H](OC(C)=O)[C@H]3OC(C)=O. The normalized spacial score (nSPS) is 40.5. The highest BCUT2D eigenvalue weighted by molar-refractivity contribution is 5.69. The van der Waals surface area contributed by atoms with Gasteiger partial charge in [0.25, 0.3) is 0 Å². The first-order valence-electron chi connectivity index (χ1n) is 15.9. The van der Waals surface area contributed by atoms with Gasteiger partial charge in [0.1, 0.15) is 24.4 Å². The Balaban J connectivity index is 1.80. The van der Waals surface area contributed by atoms with Gasteiger partial charge in [-0.25, -0.2) is 0 Å². The molecule has 0 amide bonds. The van der Waals surface area contributed by atoms with Gasteiger partial charge in [-0.1, -0.05) is 20.8 Å². The highest BCUT2D eigenvalue weighted by atomic mass is 16.6. The van der Waals surface area contributed by atoms with Crippen molar-refractivity contribution in [3.05, 3.63) is 0 Å². The lowest BCUT2D eigenvalue weighted by Gasteiger charge is -2.65. The first kappa shape index (κ1) is 33.2. The third-order valence-corrected chi connectivity index (χ3v) is 11.8. The van der Waals surface area contributed by atoms with Crippen LogP contribution in [0.15, 0.2) is 0 Å². The lowest BCUT2D eigenvalue weighted by Crippen LogP contribution is -2.68. The summed E-state index contributed by atoms with van der Waals surface area (Å²) < 4.78 is 29.0. The minimum absolute atomic E-state index is 0.0125. The predicted molar refractivity (Wildman–Crippen MR) is 154 cm³/mol. The third kappa shape index (κ3) is 6.30. The Morgan fingerprint density at radius 2 is 1.35 bits per heavy atom. The number of hydrogen-bond acceptors (Lipinski definition) is 10. The van der Waals surface area contributed by atoms with Crippen molar-refractivity contribution in [2.24, 2.45) is 46.3 Å². The number of carbonyl (C=O) groups excluding carboxylic acids is 5. The summed E-state index contributed by atoms with van der Waals surface area (Å²) in [5.74, 6) is -1.84. The summed E-state index contributed by atoms with van der Waals surface area (Å²) in [6, 6.07) is 0. The molecule has 10 nitrogen and oxygen atoms in total. The van der Waals surface area contributed by atoms with Crippen LogP contribution in [-0.4, -0.2) is 61.4 Å². The van der Waals surface area contributed by atoms with Crippen LogP contribution in [0.25, 0.3) is 0 Å². The monoisotopic (exact) mass is 606 g/mol. The molecule has 0 heterocycles. The molecule has 0 bridgehead atoms. The molecule has 10 heteroatoms. The smallest absolute Gasteiger partial charge is 0.305 e. The van der Waals surface area contributed by atoms with Gasteiger partial charge >= 0.3 is 29.8 Å².